The highest BCUT2D eigenvalue weighted by Crippen LogP contribution is 2.53. The highest BCUT2D eigenvalue weighted by atomic mass is 16.5. The number of carbonyl (C=O) groups is 4. The zero-order valence-electron chi connectivity index (χ0n) is 20.1. The topological polar surface area (TPSA) is 205 Å². The first-order valence-corrected chi connectivity index (χ1v) is 11.2. The van der Waals surface area contributed by atoms with Crippen molar-refractivity contribution in [2.24, 2.45) is 17.6 Å². The number of ether oxygens (including phenoxy) is 1. The van der Waals surface area contributed by atoms with E-state index in [4.69, 9.17) is 10.5 Å². The van der Waals surface area contributed by atoms with Crippen LogP contribution in [0.25, 0.3) is 5.76 Å². The summed E-state index contributed by atoms with van der Waals surface area (Å²) in [5.74, 6) is -10.8. The number of phenolic OH excluding ortho intramolecular Hbond substituents is 1. The Morgan fingerprint density at radius 3 is 2.31 bits per heavy atom. The normalized spacial score (nSPS) is 28.2. The summed E-state index contributed by atoms with van der Waals surface area (Å²) in [6.45, 7) is 5.23. The number of aliphatic hydroxyl groups is 4. The molecule has 4 atom stereocenters. The van der Waals surface area contributed by atoms with E-state index in [1.807, 2.05) is 0 Å². The van der Waals surface area contributed by atoms with Crippen LogP contribution in [0.4, 0.5) is 0 Å². The second kappa shape index (κ2) is 7.99. The number of fused-ring (bicyclic) bond motifs is 3. The molecule has 0 aliphatic heterocycles. The molecule has 36 heavy (non-hydrogen) atoms. The Labute approximate surface area is 205 Å². The standard InChI is InChI=1S/C25H27NO10/c1-24(2,3)9-5-8(7-36-4)12-14(17(9)28)20(31)16-15(19(12)30)18(29)10-6-11(27)13(23(26)34)21(32)25(10,35)22(16)33/h5,10,15,18,28-29,31-32,35H,6-7H2,1-4H3,(H2,26,34)/t10-,15-,18-,25-/m1/s1. The summed E-state index contributed by atoms with van der Waals surface area (Å²) in [5, 5.41) is 55.5. The van der Waals surface area contributed by atoms with Crippen LogP contribution in [0.2, 0.25) is 0 Å². The van der Waals surface area contributed by atoms with E-state index in [9.17, 15) is 44.7 Å². The van der Waals surface area contributed by atoms with Gasteiger partial charge in [0.2, 0.25) is 5.78 Å². The Bertz CT molecular complexity index is 1310. The summed E-state index contributed by atoms with van der Waals surface area (Å²) in [4.78, 5) is 51.6. The highest BCUT2D eigenvalue weighted by molar-refractivity contribution is 6.25. The summed E-state index contributed by atoms with van der Waals surface area (Å²) < 4.78 is 5.20. The number of nitrogens with two attached hydrogens (primary N) is 1. The number of amides is 1. The van der Waals surface area contributed by atoms with Gasteiger partial charge in [-0.05, 0) is 17.0 Å². The van der Waals surface area contributed by atoms with Crippen LogP contribution in [-0.4, -0.2) is 67.6 Å². The van der Waals surface area contributed by atoms with E-state index in [-0.39, 0.29) is 23.3 Å². The Hall–Kier alpha value is -3.54. The van der Waals surface area contributed by atoms with Crippen molar-refractivity contribution in [1.82, 2.24) is 0 Å². The van der Waals surface area contributed by atoms with Gasteiger partial charge in [-0.3, -0.25) is 19.2 Å². The molecule has 11 heteroatoms. The van der Waals surface area contributed by atoms with Crippen molar-refractivity contribution in [1.29, 1.82) is 0 Å². The van der Waals surface area contributed by atoms with Gasteiger partial charge in [0.25, 0.3) is 5.91 Å². The fourth-order valence-electron chi connectivity index (χ4n) is 5.51. The number of methoxy groups -OCH3 is 1. The van der Waals surface area contributed by atoms with Crippen LogP contribution >= 0.6 is 0 Å². The number of phenols is 1. The Morgan fingerprint density at radius 2 is 1.78 bits per heavy atom. The molecule has 0 radical (unpaired) electrons. The molecule has 1 amide bonds. The minimum atomic E-state index is -3.01. The maximum Gasteiger partial charge on any atom is 0.255 e. The van der Waals surface area contributed by atoms with E-state index in [0.29, 0.717) is 5.56 Å². The molecular weight excluding hydrogens is 474 g/mol. The number of aliphatic hydroxyl groups excluding tert-OH is 3. The van der Waals surface area contributed by atoms with Crippen molar-refractivity contribution in [3.8, 4) is 5.75 Å². The molecule has 7 N–H and O–H groups in total. The third-order valence-corrected chi connectivity index (χ3v) is 7.23. The van der Waals surface area contributed by atoms with Crippen molar-refractivity contribution < 1.29 is 49.4 Å². The predicted molar refractivity (Wildman–Crippen MR) is 123 cm³/mol. The second-order valence-electron chi connectivity index (χ2n) is 10.4. The minimum absolute atomic E-state index is 0.103. The van der Waals surface area contributed by atoms with Gasteiger partial charge in [0.15, 0.2) is 17.2 Å². The van der Waals surface area contributed by atoms with E-state index < -0.39 is 87.0 Å². The fraction of sp³-hybridized carbons (Fsp3) is 0.440. The van der Waals surface area contributed by atoms with E-state index in [2.05, 4.69) is 0 Å². The SMILES string of the molecule is COCc1cc(C(C)(C)C)c(O)c2c1C(=O)[C@@H]1C(=C2O)C(=O)[C@]2(O)C(O)=C(C(N)=O)C(=O)C[C@@H]2[C@H]1O. The number of rotatable bonds is 3. The van der Waals surface area contributed by atoms with Gasteiger partial charge in [-0.25, -0.2) is 0 Å². The molecule has 192 valence electrons. The molecule has 0 bridgehead atoms. The lowest BCUT2D eigenvalue weighted by atomic mass is 9.57. The van der Waals surface area contributed by atoms with Gasteiger partial charge in [-0.15, -0.1) is 0 Å². The van der Waals surface area contributed by atoms with E-state index in [1.165, 1.54) is 7.11 Å². The summed E-state index contributed by atoms with van der Waals surface area (Å²) in [6.07, 6.45) is -2.69. The average molecular weight is 501 g/mol. The molecule has 0 unspecified atom stereocenters. The average Bonchev–Trinajstić information content (AvgIpc) is 2.76. The molecule has 3 aliphatic carbocycles. The molecule has 1 aromatic rings. The molecule has 1 aromatic carbocycles. The first kappa shape index (κ1) is 25.5. The molecule has 1 saturated carbocycles. The molecule has 3 aliphatic rings. The summed E-state index contributed by atoms with van der Waals surface area (Å²) in [6, 6.07) is 1.54. The number of Topliss-reactive ketones (excluding diaryl/α,β-unsaturated/α-hetero) is 3. The number of ketones is 3. The van der Waals surface area contributed by atoms with Crippen LogP contribution in [0.5, 0.6) is 5.75 Å². The number of aromatic hydroxyl groups is 1. The highest BCUT2D eigenvalue weighted by Gasteiger charge is 2.65. The first-order chi connectivity index (χ1) is 16.6. The quantitative estimate of drug-likeness (QED) is 0.316. The van der Waals surface area contributed by atoms with Crippen molar-refractivity contribution in [3.05, 3.63) is 45.2 Å². The fourth-order valence-corrected chi connectivity index (χ4v) is 5.51. The molecule has 1 fully saturated rings. The lowest BCUT2D eigenvalue weighted by molar-refractivity contribution is -0.158. The number of hydrogen-bond donors (Lipinski definition) is 6. The zero-order chi connectivity index (χ0) is 27.1. The van der Waals surface area contributed by atoms with Crippen molar-refractivity contribution in [3.63, 3.8) is 0 Å². The van der Waals surface area contributed by atoms with Crippen LogP contribution < -0.4 is 5.73 Å². The van der Waals surface area contributed by atoms with Crippen LogP contribution in [0.1, 0.15) is 54.2 Å². The monoisotopic (exact) mass is 501 g/mol. The van der Waals surface area contributed by atoms with E-state index >= 15 is 0 Å². The van der Waals surface area contributed by atoms with E-state index in [1.54, 1.807) is 26.8 Å². The Morgan fingerprint density at radius 1 is 1.17 bits per heavy atom. The van der Waals surface area contributed by atoms with Gasteiger partial charge in [0, 0.05) is 30.6 Å². The second-order valence-corrected chi connectivity index (χ2v) is 10.4. The van der Waals surface area contributed by atoms with Crippen molar-refractivity contribution in [2.45, 2.75) is 50.9 Å². The van der Waals surface area contributed by atoms with Crippen LogP contribution in [-0.2, 0) is 31.1 Å². The lowest BCUT2D eigenvalue weighted by Gasteiger charge is -2.48. The Kier molecular flexibility index (Phi) is 5.67. The van der Waals surface area contributed by atoms with Gasteiger partial charge in [-0.2, -0.15) is 0 Å². The smallest absolute Gasteiger partial charge is 0.255 e. The third kappa shape index (κ3) is 3.16. The van der Waals surface area contributed by atoms with Gasteiger partial charge in [-0.1, -0.05) is 20.8 Å². The van der Waals surface area contributed by atoms with Gasteiger partial charge in [0.1, 0.15) is 22.8 Å². The molecule has 0 heterocycles. The molecular formula is C25H27NO10. The molecule has 11 nitrogen and oxygen atoms in total. The molecule has 0 spiro atoms. The maximum absolute atomic E-state index is 13.7. The van der Waals surface area contributed by atoms with Crippen LogP contribution in [0.15, 0.2) is 23.0 Å². The van der Waals surface area contributed by atoms with E-state index in [0.717, 1.165) is 0 Å². The summed E-state index contributed by atoms with van der Waals surface area (Å²) in [7, 11) is 1.38. The molecule has 0 aromatic heterocycles. The molecule has 4 rings (SSSR count). The van der Waals surface area contributed by atoms with Crippen LogP contribution in [0, 0.1) is 11.8 Å². The Balaban J connectivity index is 2.08. The van der Waals surface area contributed by atoms with Crippen molar-refractivity contribution in [2.75, 3.05) is 7.11 Å². The number of carbonyl (C=O) groups excluding carboxylic acids is 4. The number of primary amides is 1. The van der Waals surface area contributed by atoms with Crippen molar-refractivity contribution >= 4 is 29.0 Å². The molecule has 0 saturated heterocycles. The summed E-state index contributed by atoms with van der Waals surface area (Å²) >= 11 is 0. The predicted octanol–water partition coefficient (Wildman–Crippen LogP) is 0.479. The van der Waals surface area contributed by atoms with Gasteiger partial charge < -0.3 is 36.0 Å². The minimum Gasteiger partial charge on any atom is -0.508 e. The zero-order valence-corrected chi connectivity index (χ0v) is 20.1. The summed E-state index contributed by atoms with van der Waals surface area (Å²) in [5.41, 5.74) is -0.235. The number of hydrogen-bond acceptors (Lipinski definition) is 10. The van der Waals surface area contributed by atoms with Gasteiger partial charge in [0.05, 0.1) is 29.8 Å². The third-order valence-electron chi connectivity index (χ3n) is 7.23. The number of benzene rings is 1. The lowest BCUT2D eigenvalue weighted by Crippen LogP contribution is -2.64. The van der Waals surface area contributed by atoms with Crippen LogP contribution in [0.3, 0.4) is 0 Å². The first-order valence-electron chi connectivity index (χ1n) is 11.2. The largest absolute Gasteiger partial charge is 0.508 e. The maximum atomic E-state index is 13.7. The van der Waals surface area contributed by atoms with Gasteiger partial charge >= 0.3 is 0 Å².